The molecule has 1 fully saturated rings. The normalized spacial score (nSPS) is 17.3. The Kier molecular flexibility index (Phi) is 4.50. The lowest BCUT2D eigenvalue weighted by atomic mass is 10.0. The Bertz CT molecular complexity index is 890. The number of hydrogen-bond acceptors (Lipinski definition) is 5. The van der Waals surface area contributed by atoms with E-state index in [-0.39, 0.29) is 12.0 Å². The second kappa shape index (κ2) is 7.09. The van der Waals surface area contributed by atoms with E-state index in [1.165, 1.54) is 0 Å². The SMILES string of the molecule is Cc1nc(C2CN(C(=O)c3ccc(-c4ccccc4)cc3)CCO2)no1. The van der Waals surface area contributed by atoms with E-state index in [0.717, 1.165) is 11.1 Å². The highest BCUT2D eigenvalue weighted by atomic mass is 16.5. The highest BCUT2D eigenvalue weighted by Crippen LogP contribution is 2.23. The molecule has 1 aliphatic rings. The molecule has 0 bridgehead atoms. The van der Waals surface area contributed by atoms with Crippen LogP contribution >= 0.6 is 0 Å². The lowest BCUT2D eigenvalue weighted by molar-refractivity contribution is -0.0276. The van der Waals surface area contributed by atoms with Gasteiger partial charge in [-0.15, -0.1) is 0 Å². The molecule has 6 nitrogen and oxygen atoms in total. The molecule has 26 heavy (non-hydrogen) atoms. The molecule has 1 unspecified atom stereocenters. The monoisotopic (exact) mass is 349 g/mol. The minimum Gasteiger partial charge on any atom is -0.366 e. The number of nitrogens with zero attached hydrogens (tertiary/aromatic N) is 3. The zero-order valence-corrected chi connectivity index (χ0v) is 14.5. The number of rotatable bonds is 3. The Hall–Kier alpha value is -2.99. The van der Waals surface area contributed by atoms with Gasteiger partial charge in [-0.1, -0.05) is 47.6 Å². The van der Waals surface area contributed by atoms with E-state index in [2.05, 4.69) is 22.3 Å². The first kappa shape index (κ1) is 16.5. The standard InChI is InChI=1S/C20H19N3O3/c1-14-21-19(22-26-14)18-13-23(11-12-25-18)20(24)17-9-7-16(8-10-17)15-5-3-2-4-6-15/h2-10,18H,11-13H2,1H3. The van der Waals surface area contributed by atoms with Crippen molar-refractivity contribution in [3.63, 3.8) is 0 Å². The van der Waals surface area contributed by atoms with Crippen LogP contribution < -0.4 is 0 Å². The predicted molar refractivity (Wildman–Crippen MR) is 95.5 cm³/mol. The maximum Gasteiger partial charge on any atom is 0.254 e. The van der Waals surface area contributed by atoms with Crippen LogP contribution in [-0.2, 0) is 4.74 Å². The first-order valence-electron chi connectivity index (χ1n) is 8.57. The summed E-state index contributed by atoms with van der Waals surface area (Å²) in [6, 6.07) is 17.8. The van der Waals surface area contributed by atoms with Crippen molar-refractivity contribution in [3.05, 3.63) is 71.9 Å². The summed E-state index contributed by atoms with van der Waals surface area (Å²) in [5.74, 6) is 0.959. The molecule has 6 heteroatoms. The van der Waals surface area contributed by atoms with Crippen molar-refractivity contribution >= 4 is 5.91 Å². The van der Waals surface area contributed by atoms with Crippen LogP contribution in [-0.4, -0.2) is 40.6 Å². The molecule has 4 rings (SSSR count). The predicted octanol–water partition coefficient (Wildman–Crippen LogP) is 3.26. The molecule has 3 aromatic rings. The molecule has 0 N–H and O–H groups in total. The van der Waals surface area contributed by atoms with E-state index >= 15 is 0 Å². The van der Waals surface area contributed by atoms with E-state index in [4.69, 9.17) is 9.26 Å². The van der Waals surface area contributed by atoms with Gasteiger partial charge in [0, 0.05) is 19.0 Å². The Labute approximate surface area is 151 Å². The summed E-state index contributed by atoms with van der Waals surface area (Å²) in [7, 11) is 0. The van der Waals surface area contributed by atoms with Gasteiger partial charge >= 0.3 is 0 Å². The van der Waals surface area contributed by atoms with Crippen molar-refractivity contribution in [2.75, 3.05) is 19.7 Å². The van der Waals surface area contributed by atoms with Gasteiger partial charge in [0.1, 0.15) is 6.10 Å². The number of morpholine rings is 1. The molecule has 0 radical (unpaired) electrons. The Balaban J connectivity index is 1.48. The molecule has 0 spiro atoms. The van der Waals surface area contributed by atoms with Gasteiger partial charge in [-0.25, -0.2) is 0 Å². The topological polar surface area (TPSA) is 68.5 Å². The molecular formula is C20H19N3O3. The first-order chi connectivity index (χ1) is 12.7. The van der Waals surface area contributed by atoms with Gasteiger partial charge in [-0.05, 0) is 23.3 Å². The van der Waals surface area contributed by atoms with Crippen molar-refractivity contribution in [1.82, 2.24) is 15.0 Å². The van der Waals surface area contributed by atoms with Crippen LogP contribution in [0.15, 0.2) is 59.1 Å². The fourth-order valence-electron chi connectivity index (χ4n) is 3.05. The van der Waals surface area contributed by atoms with Crippen LogP contribution in [0.3, 0.4) is 0 Å². The van der Waals surface area contributed by atoms with Crippen molar-refractivity contribution in [3.8, 4) is 11.1 Å². The zero-order chi connectivity index (χ0) is 17.9. The largest absolute Gasteiger partial charge is 0.366 e. The first-order valence-corrected chi connectivity index (χ1v) is 8.57. The molecule has 2 aromatic carbocycles. The van der Waals surface area contributed by atoms with Crippen LogP contribution in [0.4, 0.5) is 0 Å². The third kappa shape index (κ3) is 3.36. The molecule has 1 atom stereocenters. The maximum atomic E-state index is 12.8. The average Bonchev–Trinajstić information content (AvgIpc) is 3.15. The van der Waals surface area contributed by atoms with E-state index in [0.29, 0.717) is 37.0 Å². The molecule has 1 aliphatic heterocycles. The van der Waals surface area contributed by atoms with Crippen molar-refractivity contribution in [2.45, 2.75) is 13.0 Å². The Morgan fingerprint density at radius 2 is 1.81 bits per heavy atom. The fraction of sp³-hybridized carbons (Fsp3) is 0.250. The summed E-state index contributed by atoms with van der Waals surface area (Å²) in [6.07, 6.45) is -0.353. The second-order valence-corrected chi connectivity index (χ2v) is 6.23. The third-order valence-corrected chi connectivity index (χ3v) is 4.42. The number of ether oxygens (including phenoxy) is 1. The number of carbonyl (C=O) groups is 1. The minimum atomic E-state index is -0.353. The molecule has 1 amide bonds. The average molecular weight is 349 g/mol. The van der Waals surface area contributed by atoms with E-state index in [1.807, 2.05) is 42.5 Å². The summed E-state index contributed by atoms with van der Waals surface area (Å²) in [5.41, 5.74) is 2.88. The van der Waals surface area contributed by atoms with Crippen LogP contribution in [0, 0.1) is 6.92 Å². The lowest BCUT2D eigenvalue weighted by Crippen LogP contribution is -2.42. The minimum absolute atomic E-state index is 0.0156. The highest BCUT2D eigenvalue weighted by molar-refractivity contribution is 5.94. The highest BCUT2D eigenvalue weighted by Gasteiger charge is 2.29. The lowest BCUT2D eigenvalue weighted by Gasteiger charge is -2.31. The van der Waals surface area contributed by atoms with Crippen LogP contribution in [0.5, 0.6) is 0 Å². The van der Waals surface area contributed by atoms with Gasteiger partial charge in [0.05, 0.1) is 13.2 Å². The van der Waals surface area contributed by atoms with Crippen molar-refractivity contribution < 1.29 is 14.1 Å². The number of amides is 1. The summed E-state index contributed by atoms with van der Waals surface area (Å²) in [6.45, 7) is 3.15. The van der Waals surface area contributed by atoms with Crippen LogP contribution in [0.2, 0.25) is 0 Å². The second-order valence-electron chi connectivity index (χ2n) is 6.23. The smallest absolute Gasteiger partial charge is 0.254 e. The number of aromatic nitrogens is 2. The third-order valence-electron chi connectivity index (χ3n) is 4.42. The van der Waals surface area contributed by atoms with Gasteiger partial charge < -0.3 is 14.2 Å². The number of carbonyl (C=O) groups excluding carboxylic acids is 1. The summed E-state index contributed by atoms with van der Waals surface area (Å²) >= 11 is 0. The van der Waals surface area contributed by atoms with E-state index < -0.39 is 0 Å². The molecule has 0 saturated carbocycles. The molecule has 1 saturated heterocycles. The van der Waals surface area contributed by atoms with Gasteiger partial charge in [-0.3, -0.25) is 4.79 Å². The quantitative estimate of drug-likeness (QED) is 0.726. The molecular weight excluding hydrogens is 330 g/mol. The van der Waals surface area contributed by atoms with Crippen molar-refractivity contribution in [2.24, 2.45) is 0 Å². The van der Waals surface area contributed by atoms with Gasteiger partial charge in [0.25, 0.3) is 5.91 Å². The molecule has 2 heterocycles. The number of benzene rings is 2. The van der Waals surface area contributed by atoms with E-state index in [1.54, 1.807) is 11.8 Å². The summed E-state index contributed by atoms with van der Waals surface area (Å²) in [5, 5.41) is 3.90. The van der Waals surface area contributed by atoms with Crippen LogP contribution in [0.25, 0.3) is 11.1 Å². The summed E-state index contributed by atoms with van der Waals surface area (Å²) in [4.78, 5) is 18.8. The molecule has 132 valence electrons. The van der Waals surface area contributed by atoms with Gasteiger partial charge in [0.2, 0.25) is 11.7 Å². The molecule has 0 aliphatic carbocycles. The van der Waals surface area contributed by atoms with Gasteiger partial charge in [0.15, 0.2) is 0 Å². The van der Waals surface area contributed by atoms with E-state index in [9.17, 15) is 4.79 Å². The summed E-state index contributed by atoms with van der Waals surface area (Å²) < 4.78 is 10.7. The Morgan fingerprint density at radius 3 is 2.50 bits per heavy atom. The zero-order valence-electron chi connectivity index (χ0n) is 14.5. The maximum absolute atomic E-state index is 12.8. The fourth-order valence-corrected chi connectivity index (χ4v) is 3.05. The van der Waals surface area contributed by atoms with Crippen molar-refractivity contribution in [1.29, 1.82) is 0 Å². The number of hydrogen-bond donors (Lipinski definition) is 0. The van der Waals surface area contributed by atoms with Crippen LogP contribution in [0.1, 0.15) is 28.2 Å². The van der Waals surface area contributed by atoms with Gasteiger partial charge in [-0.2, -0.15) is 4.98 Å². The number of aryl methyl sites for hydroxylation is 1. The Morgan fingerprint density at radius 1 is 1.08 bits per heavy atom. The molecule has 1 aromatic heterocycles.